The van der Waals surface area contributed by atoms with Gasteiger partial charge >= 0.3 is 0 Å². The Kier molecular flexibility index (Phi) is 3.72. The van der Waals surface area contributed by atoms with E-state index in [0.29, 0.717) is 5.56 Å². The summed E-state index contributed by atoms with van der Waals surface area (Å²) in [6, 6.07) is 15.8. The third kappa shape index (κ3) is 2.86. The van der Waals surface area contributed by atoms with Gasteiger partial charge in [0, 0.05) is 19.3 Å². The van der Waals surface area contributed by atoms with Crippen LogP contribution in [0.3, 0.4) is 0 Å². The Labute approximate surface area is 113 Å². The summed E-state index contributed by atoms with van der Waals surface area (Å²) in [4.78, 5) is 2.10. The third-order valence-corrected chi connectivity index (χ3v) is 3.14. The minimum Gasteiger partial charge on any atom is -0.399 e. The molecule has 0 saturated heterocycles. The number of nitrogen functional groups attached to an aromatic ring is 1. The average molecular weight is 251 g/mol. The van der Waals surface area contributed by atoms with Crippen LogP contribution in [0.1, 0.15) is 16.7 Å². The highest BCUT2D eigenvalue weighted by atomic mass is 15.1. The summed E-state index contributed by atoms with van der Waals surface area (Å²) in [7, 11) is 2.00. The molecule has 0 aliphatic heterocycles. The zero-order valence-electron chi connectivity index (χ0n) is 11.2. The predicted molar refractivity (Wildman–Crippen MR) is 78.9 cm³/mol. The maximum absolute atomic E-state index is 9.20. The van der Waals surface area contributed by atoms with Gasteiger partial charge in [0.2, 0.25) is 0 Å². The van der Waals surface area contributed by atoms with Gasteiger partial charge in [-0.25, -0.2) is 0 Å². The molecule has 0 aliphatic carbocycles. The number of rotatable bonds is 3. The van der Waals surface area contributed by atoms with Crippen molar-refractivity contribution >= 4 is 11.4 Å². The molecule has 0 unspecified atom stereocenters. The summed E-state index contributed by atoms with van der Waals surface area (Å²) in [5.74, 6) is 0. The first-order valence-corrected chi connectivity index (χ1v) is 6.17. The van der Waals surface area contributed by atoms with Crippen molar-refractivity contribution in [2.24, 2.45) is 0 Å². The van der Waals surface area contributed by atoms with Crippen LogP contribution in [0.2, 0.25) is 0 Å². The van der Waals surface area contributed by atoms with E-state index in [1.165, 1.54) is 5.56 Å². The van der Waals surface area contributed by atoms with Crippen LogP contribution in [-0.2, 0) is 6.54 Å². The molecule has 0 spiro atoms. The lowest BCUT2D eigenvalue weighted by Crippen LogP contribution is -2.18. The van der Waals surface area contributed by atoms with Crippen molar-refractivity contribution < 1.29 is 0 Å². The third-order valence-electron chi connectivity index (χ3n) is 3.14. The maximum atomic E-state index is 9.20. The Morgan fingerprint density at radius 3 is 2.47 bits per heavy atom. The minimum absolute atomic E-state index is 0.706. The molecule has 0 radical (unpaired) electrons. The van der Waals surface area contributed by atoms with E-state index in [0.717, 1.165) is 23.5 Å². The van der Waals surface area contributed by atoms with E-state index in [1.807, 2.05) is 56.4 Å². The number of nitriles is 1. The fourth-order valence-corrected chi connectivity index (χ4v) is 2.23. The smallest absolute Gasteiger partial charge is 0.101 e. The predicted octanol–water partition coefficient (Wildman–Crippen LogP) is 3.09. The summed E-state index contributed by atoms with van der Waals surface area (Å²) in [5.41, 5.74) is 10.4. The van der Waals surface area contributed by atoms with Crippen LogP contribution >= 0.6 is 0 Å². The number of aryl methyl sites for hydroxylation is 1. The Morgan fingerprint density at radius 1 is 1.16 bits per heavy atom. The van der Waals surface area contributed by atoms with Gasteiger partial charge in [0.05, 0.1) is 11.3 Å². The van der Waals surface area contributed by atoms with Gasteiger partial charge in [-0.15, -0.1) is 0 Å². The molecule has 2 rings (SSSR count). The molecule has 2 aromatic rings. The molecule has 0 atom stereocenters. The average Bonchev–Trinajstić information content (AvgIpc) is 2.40. The second-order valence-electron chi connectivity index (χ2n) is 4.68. The van der Waals surface area contributed by atoms with Crippen LogP contribution in [0.4, 0.5) is 11.4 Å². The fourth-order valence-electron chi connectivity index (χ4n) is 2.23. The zero-order valence-corrected chi connectivity index (χ0v) is 11.2. The monoisotopic (exact) mass is 251 g/mol. The zero-order chi connectivity index (χ0) is 13.8. The highest BCUT2D eigenvalue weighted by Gasteiger charge is 2.10. The van der Waals surface area contributed by atoms with Gasteiger partial charge in [-0.2, -0.15) is 5.26 Å². The molecule has 2 aromatic carbocycles. The number of benzene rings is 2. The molecule has 0 saturated carbocycles. The molecule has 0 heterocycles. The van der Waals surface area contributed by atoms with Gasteiger partial charge < -0.3 is 10.6 Å². The molecular formula is C16H17N3. The van der Waals surface area contributed by atoms with E-state index in [4.69, 9.17) is 5.73 Å². The molecule has 19 heavy (non-hydrogen) atoms. The molecule has 3 heteroatoms. The number of nitrogens with two attached hydrogens (primary N) is 1. The summed E-state index contributed by atoms with van der Waals surface area (Å²) in [6.07, 6.45) is 0. The molecule has 0 fully saturated rings. The molecule has 0 bridgehead atoms. The van der Waals surface area contributed by atoms with Crippen LogP contribution < -0.4 is 10.6 Å². The van der Waals surface area contributed by atoms with Gasteiger partial charge in [0.25, 0.3) is 0 Å². The van der Waals surface area contributed by atoms with Crippen molar-refractivity contribution in [3.8, 4) is 6.07 Å². The van der Waals surface area contributed by atoms with Crippen molar-refractivity contribution in [1.82, 2.24) is 0 Å². The van der Waals surface area contributed by atoms with E-state index < -0.39 is 0 Å². The van der Waals surface area contributed by atoms with Crippen LogP contribution in [0.5, 0.6) is 0 Å². The standard InChI is InChI=1S/C16H17N3/c1-12-4-3-5-14(10-17)16(12)19(2)11-13-6-8-15(18)9-7-13/h3-9H,11,18H2,1-2H3. The number of hydrogen-bond acceptors (Lipinski definition) is 3. The van der Waals surface area contributed by atoms with Crippen molar-refractivity contribution in [1.29, 1.82) is 5.26 Å². The van der Waals surface area contributed by atoms with Crippen molar-refractivity contribution in [3.63, 3.8) is 0 Å². The normalized spacial score (nSPS) is 9.95. The van der Waals surface area contributed by atoms with Crippen LogP contribution in [0.25, 0.3) is 0 Å². The summed E-state index contributed by atoms with van der Waals surface area (Å²) in [5, 5.41) is 9.20. The highest BCUT2D eigenvalue weighted by Crippen LogP contribution is 2.25. The molecule has 0 amide bonds. The van der Waals surface area contributed by atoms with Crippen LogP contribution in [0, 0.1) is 18.3 Å². The molecule has 0 aromatic heterocycles. The Balaban J connectivity index is 2.28. The first kappa shape index (κ1) is 13.0. The van der Waals surface area contributed by atoms with E-state index in [9.17, 15) is 5.26 Å². The lowest BCUT2D eigenvalue weighted by atomic mass is 10.1. The maximum Gasteiger partial charge on any atom is 0.101 e. The SMILES string of the molecule is Cc1cccc(C#N)c1N(C)Cc1ccc(N)cc1. The van der Waals surface area contributed by atoms with Gasteiger partial charge in [0.1, 0.15) is 6.07 Å². The summed E-state index contributed by atoms with van der Waals surface area (Å²) in [6.45, 7) is 2.77. The summed E-state index contributed by atoms with van der Waals surface area (Å²) >= 11 is 0. The molecule has 3 nitrogen and oxygen atoms in total. The second-order valence-corrected chi connectivity index (χ2v) is 4.68. The molecule has 0 aliphatic rings. The van der Waals surface area contributed by atoms with Crippen LogP contribution in [-0.4, -0.2) is 7.05 Å². The summed E-state index contributed by atoms with van der Waals surface area (Å²) < 4.78 is 0. The van der Waals surface area contributed by atoms with E-state index in [2.05, 4.69) is 11.0 Å². The Hall–Kier alpha value is -2.47. The van der Waals surface area contributed by atoms with Gasteiger partial charge in [0.15, 0.2) is 0 Å². The quantitative estimate of drug-likeness (QED) is 0.853. The van der Waals surface area contributed by atoms with Gasteiger partial charge in [-0.1, -0.05) is 24.3 Å². The Morgan fingerprint density at radius 2 is 1.84 bits per heavy atom. The number of anilines is 2. The highest BCUT2D eigenvalue weighted by molar-refractivity contribution is 5.63. The van der Waals surface area contributed by atoms with Crippen molar-refractivity contribution in [2.45, 2.75) is 13.5 Å². The Bertz CT molecular complexity index is 609. The van der Waals surface area contributed by atoms with E-state index in [-0.39, 0.29) is 0 Å². The second kappa shape index (κ2) is 5.45. The molecule has 96 valence electrons. The minimum atomic E-state index is 0.706. The van der Waals surface area contributed by atoms with Crippen LogP contribution in [0.15, 0.2) is 42.5 Å². The molecule has 2 N–H and O–H groups in total. The lowest BCUT2D eigenvalue weighted by molar-refractivity contribution is 0.915. The van der Waals surface area contributed by atoms with Crippen molar-refractivity contribution in [2.75, 3.05) is 17.7 Å². The van der Waals surface area contributed by atoms with E-state index >= 15 is 0 Å². The van der Waals surface area contributed by atoms with E-state index in [1.54, 1.807) is 0 Å². The lowest BCUT2D eigenvalue weighted by Gasteiger charge is -2.22. The number of para-hydroxylation sites is 1. The van der Waals surface area contributed by atoms with Gasteiger partial charge in [-0.05, 0) is 36.2 Å². The largest absolute Gasteiger partial charge is 0.399 e. The topological polar surface area (TPSA) is 53.0 Å². The number of nitrogens with zero attached hydrogens (tertiary/aromatic N) is 2. The first-order valence-electron chi connectivity index (χ1n) is 6.17. The van der Waals surface area contributed by atoms with Crippen molar-refractivity contribution in [3.05, 3.63) is 59.2 Å². The first-order chi connectivity index (χ1) is 9.11. The number of hydrogen-bond donors (Lipinski definition) is 1. The fraction of sp³-hybridized carbons (Fsp3) is 0.188. The molecular weight excluding hydrogens is 234 g/mol. The van der Waals surface area contributed by atoms with Gasteiger partial charge in [-0.3, -0.25) is 0 Å².